The Kier molecular flexibility index (Phi) is 7.76. The highest BCUT2D eigenvalue weighted by Crippen LogP contribution is 2.18. The number of hydrogen-bond acceptors (Lipinski definition) is 6. The second kappa shape index (κ2) is 10.9. The minimum absolute atomic E-state index is 0.0125. The molecule has 0 radical (unpaired) electrons. The fourth-order valence-electron chi connectivity index (χ4n) is 2.74. The van der Waals surface area contributed by atoms with E-state index in [0.717, 1.165) is 0 Å². The summed E-state index contributed by atoms with van der Waals surface area (Å²) in [4.78, 5) is 24.2. The molecular weight excluding hydrogens is 419 g/mol. The first-order chi connectivity index (χ1) is 15.4. The molecule has 1 atom stereocenters. The van der Waals surface area contributed by atoms with Crippen molar-refractivity contribution in [1.82, 2.24) is 15.1 Å². The maximum absolute atomic E-state index is 13.7. The molecule has 0 aliphatic carbocycles. The average Bonchev–Trinajstić information content (AvgIpc) is 3.23. The number of aliphatic hydroxyl groups excluding tert-OH is 1. The number of halogens is 1. The van der Waals surface area contributed by atoms with Gasteiger partial charge in [-0.2, -0.15) is 5.10 Å². The van der Waals surface area contributed by atoms with Gasteiger partial charge < -0.3 is 25.2 Å². The molecule has 0 saturated carbocycles. The minimum Gasteiger partial charge on any atom is -0.497 e. The summed E-state index contributed by atoms with van der Waals surface area (Å²) in [5.74, 6) is -0.470. The molecule has 3 aromatic rings. The molecule has 1 heterocycles. The number of ether oxygens (including phenoxy) is 2. The molecule has 9 nitrogen and oxygen atoms in total. The number of rotatable bonds is 10. The van der Waals surface area contributed by atoms with Crippen molar-refractivity contribution in [3.05, 3.63) is 72.3 Å². The second-order valence-corrected chi connectivity index (χ2v) is 6.81. The number of methoxy groups -OCH3 is 1. The summed E-state index contributed by atoms with van der Waals surface area (Å²) in [6, 6.07) is 12.6. The number of carbonyl (C=O) groups excluding carboxylic acids is 2. The molecule has 0 aliphatic heterocycles. The highest BCUT2D eigenvalue weighted by atomic mass is 19.1. The molecular formula is C22H23FN4O5. The van der Waals surface area contributed by atoms with E-state index in [-0.39, 0.29) is 31.2 Å². The van der Waals surface area contributed by atoms with Gasteiger partial charge in [-0.15, -0.1) is 0 Å². The van der Waals surface area contributed by atoms with Gasteiger partial charge >= 0.3 is 0 Å². The molecule has 1 aromatic heterocycles. The van der Waals surface area contributed by atoms with Crippen molar-refractivity contribution in [1.29, 1.82) is 0 Å². The maximum atomic E-state index is 13.7. The number of aromatic nitrogens is 2. The Labute approximate surface area is 183 Å². The smallest absolute Gasteiger partial charge is 0.258 e. The Morgan fingerprint density at radius 1 is 1.19 bits per heavy atom. The van der Waals surface area contributed by atoms with Crippen molar-refractivity contribution in [3.63, 3.8) is 0 Å². The summed E-state index contributed by atoms with van der Waals surface area (Å²) in [5, 5.41) is 19.1. The molecule has 0 unspecified atom stereocenters. The van der Waals surface area contributed by atoms with Gasteiger partial charge in [0, 0.05) is 18.8 Å². The highest BCUT2D eigenvalue weighted by molar-refractivity contribution is 6.04. The van der Waals surface area contributed by atoms with Crippen LogP contribution in [0.4, 0.5) is 10.1 Å². The lowest BCUT2D eigenvalue weighted by Crippen LogP contribution is -2.37. The van der Waals surface area contributed by atoms with Gasteiger partial charge in [-0.25, -0.2) is 4.39 Å². The predicted octanol–water partition coefficient (Wildman–Crippen LogP) is 1.84. The lowest BCUT2D eigenvalue weighted by molar-refractivity contribution is -0.122. The normalized spacial score (nSPS) is 11.5. The van der Waals surface area contributed by atoms with E-state index in [1.165, 1.54) is 35.3 Å². The molecule has 0 saturated heterocycles. The van der Waals surface area contributed by atoms with E-state index < -0.39 is 17.8 Å². The van der Waals surface area contributed by atoms with Gasteiger partial charge in [0.25, 0.3) is 5.91 Å². The second-order valence-electron chi connectivity index (χ2n) is 6.81. The standard InChI is InChI=1S/C22H23FN4O5/c1-31-17-5-4-6-18(9-17)32-14-16(28)11-24-21(29)13-27-12-15(10-25-27)26-22(30)19-7-2-3-8-20(19)23/h2-10,12,16,28H,11,13-14H2,1H3,(H,24,29)(H,26,30)/t16-/m0/s1. The summed E-state index contributed by atoms with van der Waals surface area (Å²) in [7, 11) is 1.54. The number of hydrogen-bond donors (Lipinski definition) is 3. The molecule has 0 bridgehead atoms. The molecule has 0 spiro atoms. The number of anilines is 1. The van der Waals surface area contributed by atoms with Crippen molar-refractivity contribution in [2.75, 3.05) is 25.6 Å². The van der Waals surface area contributed by atoms with Crippen LogP contribution in [0.3, 0.4) is 0 Å². The fourth-order valence-corrected chi connectivity index (χ4v) is 2.74. The largest absolute Gasteiger partial charge is 0.497 e. The Morgan fingerprint density at radius 2 is 1.97 bits per heavy atom. The van der Waals surface area contributed by atoms with Gasteiger partial charge in [0.05, 0.1) is 24.6 Å². The summed E-state index contributed by atoms with van der Waals surface area (Å²) < 4.78 is 25.6. The van der Waals surface area contributed by atoms with Crippen LogP contribution in [0.25, 0.3) is 0 Å². The monoisotopic (exact) mass is 442 g/mol. The van der Waals surface area contributed by atoms with Crippen molar-refractivity contribution < 1.29 is 28.6 Å². The van der Waals surface area contributed by atoms with Crippen LogP contribution in [0.1, 0.15) is 10.4 Å². The number of benzene rings is 2. The molecule has 168 valence electrons. The van der Waals surface area contributed by atoms with Crippen molar-refractivity contribution in [3.8, 4) is 11.5 Å². The zero-order valence-corrected chi connectivity index (χ0v) is 17.3. The molecule has 2 aromatic carbocycles. The van der Waals surface area contributed by atoms with Gasteiger partial charge in [0.2, 0.25) is 5.91 Å². The molecule has 0 fully saturated rings. The first-order valence-electron chi connectivity index (χ1n) is 9.74. The molecule has 10 heteroatoms. The van der Waals surface area contributed by atoms with E-state index in [1.807, 2.05) is 0 Å². The third-order valence-corrected chi connectivity index (χ3v) is 4.33. The lowest BCUT2D eigenvalue weighted by atomic mass is 10.2. The molecule has 2 amide bonds. The predicted molar refractivity (Wildman–Crippen MR) is 114 cm³/mol. The van der Waals surface area contributed by atoms with Crippen molar-refractivity contribution in [2.45, 2.75) is 12.6 Å². The zero-order chi connectivity index (χ0) is 22.9. The number of nitrogens with zero attached hydrogens (tertiary/aromatic N) is 2. The molecule has 3 N–H and O–H groups in total. The summed E-state index contributed by atoms with van der Waals surface area (Å²) in [6.07, 6.45) is 1.88. The Morgan fingerprint density at radius 3 is 2.75 bits per heavy atom. The van der Waals surface area contributed by atoms with E-state index in [4.69, 9.17) is 9.47 Å². The zero-order valence-electron chi connectivity index (χ0n) is 17.3. The van der Waals surface area contributed by atoms with E-state index in [2.05, 4.69) is 15.7 Å². The van der Waals surface area contributed by atoms with Gasteiger partial charge in [0.1, 0.15) is 36.6 Å². The Balaban J connectivity index is 1.41. The van der Waals surface area contributed by atoms with E-state index in [1.54, 1.807) is 37.4 Å². The number of carbonyl (C=O) groups is 2. The van der Waals surface area contributed by atoms with Crippen LogP contribution >= 0.6 is 0 Å². The average molecular weight is 442 g/mol. The minimum atomic E-state index is -0.918. The number of amides is 2. The van der Waals surface area contributed by atoms with Gasteiger partial charge in [0.15, 0.2) is 0 Å². The first kappa shape index (κ1) is 22.8. The van der Waals surface area contributed by atoms with Crippen molar-refractivity contribution >= 4 is 17.5 Å². The number of nitrogens with one attached hydrogen (secondary N) is 2. The molecule has 32 heavy (non-hydrogen) atoms. The third-order valence-electron chi connectivity index (χ3n) is 4.33. The highest BCUT2D eigenvalue weighted by Gasteiger charge is 2.13. The Hall–Kier alpha value is -3.92. The van der Waals surface area contributed by atoms with Gasteiger partial charge in [-0.05, 0) is 24.3 Å². The van der Waals surface area contributed by atoms with Crippen LogP contribution in [0, 0.1) is 5.82 Å². The number of aliphatic hydroxyl groups is 1. The van der Waals surface area contributed by atoms with Crippen LogP contribution in [-0.2, 0) is 11.3 Å². The quantitative estimate of drug-likeness (QED) is 0.441. The summed E-state index contributed by atoms with van der Waals surface area (Å²) in [5.41, 5.74) is 0.223. The first-order valence-corrected chi connectivity index (χ1v) is 9.74. The molecule has 3 rings (SSSR count). The van der Waals surface area contributed by atoms with Crippen LogP contribution in [0.2, 0.25) is 0 Å². The van der Waals surface area contributed by atoms with Crippen LogP contribution in [0.5, 0.6) is 11.5 Å². The van der Waals surface area contributed by atoms with Crippen LogP contribution in [0.15, 0.2) is 60.9 Å². The fraction of sp³-hybridized carbons (Fsp3) is 0.227. The SMILES string of the molecule is COc1cccc(OC[C@@H](O)CNC(=O)Cn2cc(NC(=O)c3ccccc3F)cn2)c1. The lowest BCUT2D eigenvalue weighted by Gasteiger charge is -2.14. The van der Waals surface area contributed by atoms with Gasteiger partial charge in [-0.3, -0.25) is 14.3 Å². The van der Waals surface area contributed by atoms with Crippen LogP contribution < -0.4 is 20.1 Å². The summed E-state index contributed by atoms with van der Waals surface area (Å²) in [6.45, 7) is -0.151. The maximum Gasteiger partial charge on any atom is 0.258 e. The van der Waals surface area contributed by atoms with Crippen molar-refractivity contribution in [2.24, 2.45) is 0 Å². The van der Waals surface area contributed by atoms with E-state index in [9.17, 15) is 19.1 Å². The van der Waals surface area contributed by atoms with Crippen LogP contribution in [-0.4, -0.2) is 53.1 Å². The molecule has 0 aliphatic rings. The topological polar surface area (TPSA) is 115 Å². The third kappa shape index (κ3) is 6.54. The van der Waals surface area contributed by atoms with Gasteiger partial charge in [-0.1, -0.05) is 18.2 Å². The van der Waals surface area contributed by atoms with E-state index in [0.29, 0.717) is 17.2 Å². The van der Waals surface area contributed by atoms with E-state index >= 15 is 0 Å². The summed E-state index contributed by atoms with van der Waals surface area (Å²) >= 11 is 0. The Bertz CT molecular complexity index is 1070.